The molecule has 27 heavy (non-hydrogen) atoms. The minimum atomic E-state index is -0.141. The van der Waals surface area contributed by atoms with E-state index < -0.39 is 0 Å². The van der Waals surface area contributed by atoms with E-state index in [4.69, 9.17) is 28.9 Å². The molecule has 1 aliphatic rings. The van der Waals surface area contributed by atoms with Gasteiger partial charge in [0.2, 0.25) is 5.95 Å². The fraction of sp³-hybridized carbons (Fsp3) is 0.235. The number of benzene rings is 1. The van der Waals surface area contributed by atoms with Gasteiger partial charge in [-0.05, 0) is 17.7 Å². The first-order chi connectivity index (χ1) is 12.8. The normalized spacial score (nSPS) is 14.0. The number of hydrogen-bond donors (Lipinski definition) is 1. The van der Waals surface area contributed by atoms with E-state index in [0.717, 1.165) is 11.3 Å². The molecule has 0 aliphatic carbocycles. The van der Waals surface area contributed by atoms with Crippen molar-refractivity contribution in [2.75, 3.05) is 17.7 Å². The lowest BCUT2D eigenvalue weighted by molar-refractivity contribution is 0.195. The van der Waals surface area contributed by atoms with Crippen molar-refractivity contribution in [3.05, 3.63) is 51.9 Å². The lowest BCUT2D eigenvalue weighted by Gasteiger charge is -2.32. The highest BCUT2D eigenvalue weighted by Crippen LogP contribution is 2.30. The number of imidazole rings is 1. The monoisotopic (exact) mass is 405 g/mol. The second kappa shape index (κ2) is 6.47. The summed E-state index contributed by atoms with van der Waals surface area (Å²) >= 11 is 12.1. The number of hydrogen-bond acceptors (Lipinski definition) is 4. The van der Waals surface area contributed by atoms with Gasteiger partial charge in [-0.3, -0.25) is 4.90 Å². The van der Waals surface area contributed by atoms with Crippen LogP contribution in [-0.2, 0) is 20.1 Å². The molecular weight excluding hydrogens is 389 g/mol. The van der Waals surface area contributed by atoms with Gasteiger partial charge >= 0.3 is 6.03 Å². The van der Waals surface area contributed by atoms with E-state index in [9.17, 15) is 4.79 Å². The molecule has 3 heterocycles. The molecule has 0 saturated heterocycles. The number of amides is 2. The standard InChI is InChI=1S/C17H17Cl2N7O/c1-23-14-9-25(7-10-3-4-12(18)13(19)5-10)17(27)24(2)15(14)22-16(23)26-8-11(20)6-21-26/h3-6,8H,7,9,20H2,1-2H3. The summed E-state index contributed by atoms with van der Waals surface area (Å²) in [5, 5.41) is 5.15. The van der Waals surface area contributed by atoms with Crippen LogP contribution in [0.1, 0.15) is 11.3 Å². The van der Waals surface area contributed by atoms with Gasteiger partial charge in [-0.2, -0.15) is 10.1 Å². The summed E-state index contributed by atoms with van der Waals surface area (Å²) in [6.45, 7) is 0.827. The smallest absolute Gasteiger partial charge is 0.326 e. The maximum absolute atomic E-state index is 12.8. The molecule has 0 unspecified atom stereocenters. The predicted octanol–water partition coefficient (Wildman–Crippen LogP) is 3.07. The van der Waals surface area contributed by atoms with Crippen molar-refractivity contribution in [3.63, 3.8) is 0 Å². The Balaban J connectivity index is 1.67. The van der Waals surface area contributed by atoms with Crippen LogP contribution in [0.5, 0.6) is 0 Å². The molecule has 2 aromatic heterocycles. The molecule has 140 valence electrons. The number of halogens is 2. The Kier molecular flexibility index (Phi) is 4.24. The van der Waals surface area contributed by atoms with Gasteiger partial charge in [-0.15, -0.1) is 0 Å². The topological polar surface area (TPSA) is 85.2 Å². The molecular formula is C17H17Cl2N7O. The van der Waals surface area contributed by atoms with Crippen LogP contribution in [0.15, 0.2) is 30.6 Å². The zero-order valence-electron chi connectivity index (χ0n) is 14.7. The third-order valence-corrected chi connectivity index (χ3v) is 5.29. The lowest BCUT2D eigenvalue weighted by atomic mass is 10.2. The van der Waals surface area contributed by atoms with Crippen LogP contribution in [0.25, 0.3) is 5.95 Å². The van der Waals surface area contributed by atoms with Crippen LogP contribution in [-0.4, -0.2) is 37.3 Å². The number of nitrogens with two attached hydrogens (primary N) is 1. The number of aromatic nitrogens is 4. The molecule has 2 amide bonds. The van der Waals surface area contributed by atoms with Crippen molar-refractivity contribution in [1.82, 2.24) is 24.2 Å². The molecule has 10 heteroatoms. The van der Waals surface area contributed by atoms with Crippen molar-refractivity contribution < 1.29 is 4.79 Å². The number of rotatable bonds is 3. The minimum absolute atomic E-state index is 0.141. The second-order valence-corrected chi connectivity index (χ2v) is 7.22. The van der Waals surface area contributed by atoms with Crippen LogP contribution < -0.4 is 10.6 Å². The van der Waals surface area contributed by atoms with Crippen molar-refractivity contribution >= 4 is 40.7 Å². The van der Waals surface area contributed by atoms with Crippen molar-refractivity contribution in [1.29, 1.82) is 0 Å². The Morgan fingerprint density at radius 1 is 1.22 bits per heavy atom. The molecule has 0 saturated carbocycles. The summed E-state index contributed by atoms with van der Waals surface area (Å²) in [4.78, 5) is 20.6. The summed E-state index contributed by atoms with van der Waals surface area (Å²) in [5.41, 5.74) is 8.10. The van der Waals surface area contributed by atoms with Crippen molar-refractivity contribution in [3.8, 4) is 5.95 Å². The molecule has 4 rings (SSSR count). The Bertz CT molecular complexity index is 1040. The average Bonchev–Trinajstić information content (AvgIpc) is 3.20. The number of anilines is 2. The molecule has 0 bridgehead atoms. The highest BCUT2D eigenvalue weighted by atomic mass is 35.5. The van der Waals surface area contributed by atoms with Crippen LogP contribution in [0.2, 0.25) is 10.0 Å². The van der Waals surface area contributed by atoms with Gasteiger partial charge in [0.05, 0.1) is 40.4 Å². The summed E-state index contributed by atoms with van der Waals surface area (Å²) in [6, 6.07) is 5.22. The van der Waals surface area contributed by atoms with E-state index >= 15 is 0 Å². The van der Waals surface area contributed by atoms with Crippen LogP contribution >= 0.6 is 23.2 Å². The molecule has 0 radical (unpaired) electrons. The molecule has 1 aliphatic heterocycles. The SMILES string of the molecule is CN1C(=O)N(Cc2ccc(Cl)c(Cl)c2)Cc2c1nc(-n1cc(N)cn1)n2C. The third kappa shape index (κ3) is 3.00. The Morgan fingerprint density at radius 3 is 2.67 bits per heavy atom. The average molecular weight is 406 g/mol. The summed E-state index contributed by atoms with van der Waals surface area (Å²) in [6.07, 6.45) is 3.24. The molecule has 3 aromatic rings. The first-order valence-corrected chi connectivity index (χ1v) is 8.93. The van der Waals surface area contributed by atoms with Crippen LogP contribution in [0.4, 0.5) is 16.3 Å². The first kappa shape index (κ1) is 17.7. The highest BCUT2D eigenvalue weighted by Gasteiger charge is 2.33. The molecule has 0 spiro atoms. The number of urea groups is 1. The second-order valence-electron chi connectivity index (χ2n) is 6.41. The van der Waals surface area contributed by atoms with Crippen LogP contribution in [0, 0.1) is 0 Å². The molecule has 8 nitrogen and oxygen atoms in total. The van der Waals surface area contributed by atoms with E-state index in [1.807, 2.05) is 17.7 Å². The van der Waals surface area contributed by atoms with Gasteiger partial charge in [-0.1, -0.05) is 29.3 Å². The molecule has 2 N–H and O–H groups in total. The quantitative estimate of drug-likeness (QED) is 0.725. The summed E-state index contributed by atoms with van der Waals surface area (Å²) in [7, 11) is 3.59. The Hall–Kier alpha value is -2.71. The number of nitrogens with zero attached hydrogens (tertiary/aromatic N) is 6. The number of carbonyl (C=O) groups excluding carboxylic acids is 1. The van der Waals surface area contributed by atoms with E-state index in [1.54, 1.807) is 41.2 Å². The van der Waals surface area contributed by atoms with Crippen molar-refractivity contribution in [2.45, 2.75) is 13.1 Å². The molecule has 0 atom stereocenters. The largest absolute Gasteiger partial charge is 0.396 e. The van der Waals surface area contributed by atoms with Gasteiger partial charge in [0.25, 0.3) is 0 Å². The predicted molar refractivity (Wildman–Crippen MR) is 104 cm³/mol. The summed E-state index contributed by atoms with van der Waals surface area (Å²) < 4.78 is 3.50. The maximum Gasteiger partial charge on any atom is 0.326 e. The van der Waals surface area contributed by atoms with Crippen LogP contribution in [0.3, 0.4) is 0 Å². The van der Waals surface area contributed by atoms with Crippen molar-refractivity contribution in [2.24, 2.45) is 7.05 Å². The Morgan fingerprint density at radius 2 is 2.00 bits per heavy atom. The van der Waals surface area contributed by atoms with Gasteiger partial charge in [-0.25, -0.2) is 9.48 Å². The van der Waals surface area contributed by atoms with Gasteiger partial charge < -0.3 is 15.2 Å². The first-order valence-electron chi connectivity index (χ1n) is 8.18. The molecule has 0 fully saturated rings. The minimum Gasteiger partial charge on any atom is -0.396 e. The fourth-order valence-corrected chi connectivity index (χ4v) is 3.46. The number of carbonyl (C=O) groups is 1. The van der Waals surface area contributed by atoms with Gasteiger partial charge in [0.1, 0.15) is 0 Å². The maximum atomic E-state index is 12.8. The lowest BCUT2D eigenvalue weighted by Crippen LogP contribution is -2.45. The number of fused-ring (bicyclic) bond motifs is 1. The fourth-order valence-electron chi connectivity index (χ4n) is 3.13. The van der Waals surface area contributed by atoms with E-state index in [1.165, 1.54) is 4.90 Å². The van der Waals surface area contributed by atoms with Gasteiger partial charge in [0.15, 0.2) is 5.82 Å². The van der Waals surface area contributed by atoms with E-state index in [2.05, 4.69) is 10.1 Å². The van der Waals surface area contributed by atoms with E-state index in [-0.39, 0.29) is 6.03 Å². The summed E-state index contributed by atoms with van der Waals surface area (Å²) in [5.74, 6) is 1.20. The third-order valence-electron chi connectivity index (χ3n) is 4.55. The Labute approximate surface area is 165 Å². The van der Waals surface area contributed by atoms with Gasteiger partial charge in [0, 0.05) is 20.6 Å². The highest BCUT2D eigenvalue weighted by molar-refractivity contribution is 6.42. The number of nitrogen functional groups attached to an aromatic ring is 1. The molecule has 1 aromatic carbocycles. The zero-order chi connectivity index (χ0) is 19.3. The van der Waals surface area contributed by atoms with E-state index in [0.29, 0.717) is 40.6 Å². The zero-order valence-corrected chi connectivity index (χ0v) is 16.2.